The van der Waals surface area contributed by atoms with Crippen molar-refractivity contribution >= 4 is 11.8 Å². The predicted octanol–water partition coefficient (Wildman–Crippen LogP) is 0.361. The Morgan fingerprint density at radius 2 is 1.89 bits per heavy atom. The molecule has 0 radical (unpaired) electrons. The van der Waals surface area contributed by atoms with Gasteiger partial charge in [0.25, 0.3) is 0 Å². The molecule has 0 saturated heterocycles. The molecule has 2 amide bonds. The van der Waals surface area contributed by atoms with Gasteiger partial charge in [-0.05, 0) is 39.2 Å². The van der Waals surface area contributed by atoms with E-state index in [0.29, 0.717) is 19.5 Å². The summed E-state index contributed by atoms with van der Waals surface area (Å²) in [6.07, 6.45) is 2.95. The Kier molecular flexibility index (Phi) is 6.72. The van der Waals surface area contributed by atoms with Crippen LogP contribution < -0.4 is 10.6 Å². The molecule has 1 aliphatic carbocycles. The normalized spacial score (nSPS) is 14.3. The van der Waals surface area contributed by atoms with Crippen molar-refractivity contribution < 1.29 is 9.59 Å². The largest absolute Gasteiger partial charge is 0.354 e. The van der Waals surface area contributed by atoms with Gasteiger partial charge in [-0.2, -0.15) is 0 Å². The first kappa shape index (κ1) is 15.0. The second-order valence-corrected chi connectivity index (χ2v) is 4.74. The Labute approximate surface area is 109 Å². The van der Waals surface area contributed by atoms with Gasteiger partial charge in [0.05, 0.1) is 6.54 Å². The van der Waals surface area contributed by atoms with Crippen LogP contribution in [0.3, 0.4) is 0 Å². The molecular weight excluding hydrogens is 230 g/mol. The number of hydrogen-bond acceptors (Lipinski definition) is 3. The van der Waals surface area contributed by atoms with E-state index in [0.717, 1.165) is 25.6 Å². The SMILES string of the molecule is CCN(CC)C(=O)CCNC(=O)CNCC1CC1. The minimum atomic E-state index is -0.0250. The molecule has 18 heavy (non-hydrogen) atoms. The van der Waals surface area contributed by atoms with Crippen LogP contribution in [0.4, 0.5) is 0 Å². The van der Waals surface area contributed by atoms with Crippen LogP contribution in [0.5, 0.6) is 0 Å². The molecule has 0 aliphatic heterocycles. The van der Waals surface area contributed by atoms with Gasteiger partial charge in [0, 0.05) is 26.1 Å². The molecule has 0 heterocycles. The van der Waals surface area contributed by atoms with Gasteiger partial charge in [-0.3, -0.25) is 9.59 Å². The van der Waals surface area contributed by atoms with Gasteiger partial charge in [-0.25, -0.2) is 0 Å². The summed E-state index contributed by atoms with van der Waals surface area (Å²) in [5.41, 5.74) is 0. The van der Waals surface area contributed by atoms with Gasteiger partial charge < -0.3 is 15.5 Å². The second-order valence-electron chi connectivity index (χ2n) is 4.74. The summed E-state index contributed by atoms with van der Waals surface area (Å²) in [5.74, 6) is 0.858. The summed E-state index contributed by atoms with van der Waals surface area (Å²) >= 11 is 0. The minimum absolute atomic E-state index is 0.0250. The Morgan fingerprint density at radius 3 is 2.44 bits per heavy atom. The Hall–Kier alpha value is -1.10. The molecule has 1 aliphatic rings. The topological polar surface area (TPSA) is 61.4 Å². The van der Waals surface area contributed by atoms with Crippen molar-refractivity contribution in [1.82, 2.24) is 15.5 Å². The molecule has 1 fully saturated rings. The van der Waals surface area contributed by atoms with Crippen molar-refractivity contribution in [2.75, 3.05) is 32.7 Å². The zero-order valence-corrected chi connectivity index (χ0v) is 11.5. The zero-order chi connectivity index (χ0) is 13.4. The first-order valence-corrected chi connectivity index (χ1v) is 6.92. The van der Waals surface area contributed by atoms with E-state index in [1.54, 1.807) is 4.90 Å². The van der Waals surface area contributed by atoms with Crippen LogP contribution in [0.1, 0.15) is 33.1 Å². The number of amides is 2. The summed E-state index contributed by atoms with van der Waals surface area (Å²) < 4.78 is 0. The average molecular weight is 255 g/mol. The van der Waals surface area contributed by atoms with Gasteiger partial charge in [-0.15, -0.1) is 0 Å². The third kappa shape index (κ3) is 6.00. The van der Waals surface area contributed by atoms with Crippen LogP contribution in [0.15, 0.2) is 0 Å². The quantitative estimate of drug-likeness (QED) is 0.625. The van der Waals surface area contributed by atoms with Crippen molar-refractivity contribution in [2.45, 2.75) is 33.1 Å². The highest BCUT2D eigenvalue weighted by Gasteiger charge is 2.20. The van der Waals surface area contributed by atoms with E-state index in [2.05, 4.69) is 10.6 Å². The van der Waals surface area contributed by atoms with Gasteiger partial charge in [-0.1, -0.05) is 0 Å². The summed E-state index contributed by atoms with van der Waals surface area (Å²) in [6.45, 7) is 7.10. The van der Waals surface area contributed by atoms with E-state index in [1.807, 2.05) is 13.8 Å². The van der Waals surface area contributed by atoms with Crippen molar-refractivity contribution in [2.24, 2.45) is 5.92 Å². The highest BCUT2D eigenvalue weighted by atomic mass is 16.2. The molecular formula is C13H25N3O2. The fourth-order valence-electron chi connectivity index (χ4n) is 1.82. The van der Waals surface area contributed by atoms with Gasteiger partial charge in [0.2, 0.25) is 11.8 Å². The summed E-state index contributed by atoms with van der Waals surface area (Å²) in [4.78, 5) is 24.9. The van der Waals surface area contributed by atoms with Crippen LogP contribution in [-0.4, -0.2) is 49.4 Å². The first-order valence-electron chi connectivity index (χ1n) is 6.92. The number of rotatable bonds is 9. The number of carbonyl (C=O) groups is 2. The Balaban J connectivity index is 2.01. The van der Waals surface area contributed by atoms with E-state index in [1.165, 1.54) is 12.8 Å². The van der Waals surface area contributed by atoms with E-state index in [-0.39, 0.29) is 11.8 Å². The number of hydrogen-bond donors (Lipinski definition) is 2. The lowest BCUT2D eigenvalue weighted by Gasteiger charge is -2.18. The van der Waals surface area contributed by atoms with Gasteiger partial charge >= 0.3 is 0 Å². The predicted molar refractivity (Wildman–Crippen MR) is 71.1 cm³/mol. The monoisotopic (exact) mass is 255 g/mol. The van der Waals surface area contributed by atoms with Crippen molar-refractivity contribution in [1.29, 1.82) is 0 Å². The van der Waals surface area contributed by atoms with Crippen molar-refractivity contribution in [3.8, 4) is 0 Å². The maximum atomic E-state index is 11.7. The number of nitrogens with one attached hydrogen (secondary N) is 2. The summed E-state index contributed by atoms with van der Waals surface area (Å²) in [6, 6.07) is 0. The lowest BCUT2D eigenvalue weighted by Crippen LogP contribution is -2.38. The Morgan fingerprint density at radius 1 is 1.22 bits per heavy atom. The molecule has 0 bridgehead atoms. The molecule has 104 valence electrons. The molecule has 1 saturated carbocycles. The van der Waals surface area contributed by atoms with Crippen molar-refractivity contribution in [3.05, 3.63) is 0 Å². The fraction of sp³-hybridized carbons (Fsp3) is 0.846. The van der Waals surface area contributed by atoms with E-state index >= 15 is 0 Å². The summed E-state index contributed by atoms with van der Waals surface area (Å²) in [5, 5.41) is 5.88. The van der Waals surface area contributed by atoms with E-state index in [9.17, 15) is 9.59 Å². The third-order valence-corrected chi connectivity index (χ3v) is 3.19. The molecule has 5 nitrogen and oxygen atoms in total. The van der Waals surface area contributed by atoms with E-state index < -0.39 is 0 Å². The summed E-state index contributed by atoms with van der Waals surface area (Å²) in [7, 11) is 0. The standard InChI is InChI=1S/C13H25N3O2/c1-3-16(4-2)13(18)7-8-15-12(17)10-14-9-11-5-6-11/h11,14H,3-10H2,1-2H3,(H,15,17). The fourth-order valence-corrected chi connectivity index (χ4v) is 1.82. The maximum absolute atomic E-state index is 11.7. The molecule has 0 aromatic carbocycles. The molecule has 0 aromatic rings. The zero-order valence-electron chi connectivity index (χ0n) is 11.5. The molecule has 0 spiro atoms. The Bertz CT molecular complexity index is 273. The number of nitrogens with zero attached hydrogens (tertiary/aromatic N) is 1. The number of carbonyl (C=O) groups excluding carboxylic acids is 2. The average Bonchev–Trinajstić information content (AvgIpc) is 3.14. The van der Waals surface area contributed by atoms with E-state index in [4.69, 9.17) is 0 Å². The van der Waals surface area contributed by atoms with Crippen LogP contribution in [0, 0.1) is 5.92 Å². The molecule has 0 aromatic heterocycles. The second kappa shape index (κ2) is 8.08. The highest BCUT2D eigenvalue weighted by Crippen LogP contribution is 2.27. The lowest BCUT2D eigenvalue weighted by molar-refractivity contribution is -0.130. The third-order valence-electron chi connectivity index (χ3n) is 3.19. The van der Waals surface area contributed by atoms with Crippen LogP contribution in [-0.2, 0) is 9.59 Å². The van der Waals surface area contributed by atoms with Crippen molar-refractivity contribution in [3.63, 3.8) is 0 Å². The maximum Gasteiger partial charge on any atom is 0.233 e. The first-order chi connectivity index (χ1) is 8.67. The molecule has 0 atom stereocenters. The van der Waals surface area contributed by atoms with Gasteiger partial charge in [0.15, 0.2) is 0 Å². The van der Waals surface area contributed by atoms with Crippen LogP contribution >= 0.6 is 0 Å². The molecule has 0 unspecified atom stereocenters. The highest BCUT2D eigenvalue weighted by molar-refractivity contribution is 5.80. The molecule has 5 heteroatoms. The minimum Gasteiger partial charge on any atom is -0.354 e. The van der Waals surface area contributed by atoms with Gasteiger partial charge in [0.1, 0.15) is 0 Å². The van der Waals surface area contributed by atoms with Crippen LogP contribution in [0.2, 0.25) is 0 Å². The lowest BCUT2D eigenvalue weighted by atomic mass is 10.3. The van der Waals surface area contributed by atoms with Crippen LogP contribution in [0.25, 0.3) is 0 Å². The molecule has 1 rings (SSSR count). The smallest absolute Gasteiger partial charge is 0.233 e. The molecule has 2 N–H and O–H groups in total.